The molecule has 4 heteroatoms. The molecule has 0 spiro atoms. The van der Waals surface area contributed by atoms with Gasteiger partial charge < -0.3 is 5.73 Å². The van der Waals surface area contributed by atoms with Crippen LogP contribution in [0.3, 0.4) is 0 Å². The van der Waals surface area contributed by atoms with E-state index in [-0.39, 0.29) is 11.4 Å². The van der Waals surface area contributed by atoms with E-state index in [1.165, 1.54) is 6.07 Å². The fourth-order valence-corrected chi connectivity index (χ4v) is 2.30. The predicted molar refractivity (Wildman–Crippen MR) is 65.8 cm³/mol. The third-order valence-electron chi connectivity index (χ3n) is 1.75. The van der Waals surface area contributed by atoms with Gasteiger partial charge in [-0.25, -0.2) is 4.39 Å². The van der Waals surface area contributed by atoms with Crippen molar-refractivity contribution in [2.75, 3.05) is 5.75 Å². The van der Waals surface area contributed by atoms with Gasteiger partial charge in [-0.3, -0.25) is 0 Å². The number of rotatable bonds is 4. The van der Waals surface area contributed by atoms with Gasteiger partial charge in [-0.2, -0.15) is 11.8 Å². The third-order valence-corrected chi connectivity index (χ3v) is 3.45. The van der Waals surface area contributed by atoms with E-state index < -0.39 is 0 Å². The van der Waals surface area contributed by atoms with Gasteiger partial charge in [-0.05, 0) is 31.5 Å². The number of nitrogens with two attached hydrogens (primary N) is 1. The van der Waals surface area contributed by atoms with Crippen molar-refractivity contribution in [3.63, 3.8) is 0 Å². The lowest BCUT2D eigenvalue weighted by Gasteiger charge is -2.17. The van der Waals surface area contributed by atoms with Crippen molar-refractivity contribution in [3.8, 4) is 0 Å². The molecule has 0 aromatic heterocycles. The molecular weight excluding hydrogens is 233 g/mol. The van der Waals surface area contributed by atoms with Gasteiger partial charge in [0.1, 0.15) is 5.82 Å². The summed E-state index contributed by atoms with van der Waals surface area (Å²) in [5.41, 5.74) is 6.29. The van der Waals surface area contributed by atoms with Crippen LogP contribution in [0.25, 0.3) is 0 Å². The summed E-state index contributed by atoms with van der Waals surface area (Å²) in [5, 5.41) is 0.431. The quantitative estimate of drug-likeness (QED) is 0.882. The van der Waals surface area contributed by atoms with Crippen LogP contribution in [0.5, 0.6) is 0 Å². The second-order valence-corrected chi connectivity index (χ2v) is 5.64. The molecule has 0 saturated heterocycles. The second kappa shape index (κ2) is 5.19. The molecule has 0 saturated carbocycles. The molecule has 1 aromatic carbocycles. The molecule has 0 unspecified atom stereocenters. The number of hydrogen-bond donors (Lipinski definition) is 1. The van der Waals surface area contributed by atoms with Crippen molar-refractivity contribution in [2.45, 2.75) is 25.1 Å². The second-order valence-electron chi connectivity index (χ2n) is 4.22. The molecule has 1 aromatic rings. The maximum atomic E-state index is 13.3. The summed E-state index contributed by atoms with van der Waals surface area (Å²) < 4.78 is 13.3. The van der Waals surface area contributed by atoms with Gasteiger partial charge in [0.2, 0.25) is 0 Å². The lowest BCUT2D eigenvalue weighted by molar-refractivity contribution is 0.590. The smallest absolute Gasteiger partial charge is 0.128 e. The first-order valence-corrected chi connectivity index (χ1v) is 6.22. The molecule has 0 atom stereocenters. The van der Waals surface area contributed by atoms with Gasteiger partial charge in [-0.15, -0.1) is 0 Å². The van der Waals surface area contributed by atoms with E-state index in [0.29, 0.717) is 16.3 Å². The molecule has 2 N–H and O–H groups in total. The van der Waals surface area contributed by atoms with Crippen LogP contribution >= 0.6 is 23.4 Å². The first-order chi connectivity index (χ1) is 6.88. The van der Waals surface area contributed by atoms with Crippen molar-refractivity contribution in [3.05, 3.63) is 34.6 Å². The molecule has 1 rings (SSSR count). The van der Waals surface area contributed by atoms with Crippen LogP contribution in [0, 0.1) is 5.82 Å². The van der Waals surface area contributed by atoms with E-state index in [2.05, 4.69) is 0 Å². The van der Waals surface area contributed by atoms with E-state index in [1.54, 1.807) is 23.9 Å². The van der Waals surface area contributed by atoms with Gasteiger partial charge >= 0.3 is 0 Å². The van der Waals surface area contributed by atoms with Crippen LogP contribution < -0.4 is 5.73 Å². The summed E-state index contributed by atoms with van der Waals surface area (Å²) in [6.07, 6.45) is 0. The van der Waals surface area contributed by atoms with Gasteiger partial charge in [0.05, 0.1) is 0 Å². The Balaban J connectivity index is 2.51. The molecule has 0 aliphatic rings. The number of benzene rings is 1. The Morgan fingerprint density at radius 2 is 2.13 bits per heavy atom. The Bertz CT molecular complexity index is 336. The minimum atomic E-state index is -0.246. The largest absolute Gasteiger partial charge is 0.325 e. The molecule has 0 aliphatic carbocycles. The number of hydrogen-bond acceptors (Lipinski definition) is 2. The highest BCUT2D eigenvalue weighted by Crippen LogP contribution is 2.21. The number of thioether (sulfide) groups is 1. The highest BCUT2D eigenvalue weighted by atomic mass is 35.5. The van der Waals surface area contributed by atoms with E-state index >= 15 is 0 Å². The minimum Gasteiger partial charge on any atom is -0.325 e. The van der Waals surface area contributed by atoms with Crippen molar-refractivity contribution >= 4 is 23.4 Å². The Labute approximate surface area is 99.2 Å². The van der Waals surface area contributed by atoms with Crippen LogP contribution in [0.2, 0.25) is 5.02 Å². The molecule has 0 radical (unpaired) electrons. The van der Waals surface area contributed by atoms with Crippen molar-refractivity contribution < 1.29 is 4.39 Å². The predicted octanol–water partition coefficient (Wildman–Crippen LogP) is 3.45. The van der Waals surface area contributed by atoms with Crippen LogP contribution in [0.4, 0.5) is 4.39 Å². The van der Waals surface area contributed by atoms with E-state index in [9.17, 15) is 4.39 Å². The molecule has 0 fully saturated rings. The maximum Gasteiger partial charge on any atom is 0.128 e. The van der Waals surface area contributed by atoms with Gasteiger partial charge in [0.15, 0.2) is 0 Å². The van der Waals surface area contributed by atoms with E-state index in [0.717, 1.165) is 5.75 Å². The highest BCUT2D eigenvalue weighted by Gasteiger charge is 2.11. The first-order valence-electron chi connectivity index (χ1n) is 4.69. The van der Waals surface area contributed by atoms with Crippen LogP contribution in [0.15, 0.2) is 18.2 Å². The first kappa shape index (κ1) is 12.8. The highest BCUT2D eigenvalue weighted by molar-refractivity contribution is 7.98. The van der Waals surface area contributed by atoms with Crippen molar-refractivity contribution in [2.24, 2.45) is 5.73 Å². The third kappa shape index (κ3) is 4.87. The SMILES string of the molecule is CC(C)(N)CSCc1ccc(Cl)cc1F. The zero-order valence-electron chi connectivity index (χ0n) is 8.89. The normalized spacial score (nSPS) is 11.8. The summed E-state index contributed by atoms with van der Waals surface area (Å²) in [4.78, 5) is 0. The fourth-order valence-electron chi connectivity index (χ4n) is 1.06. The van der Waals surface area contributed by atoms with Crippen molar-refractivity contribution in [1.29, 1.82) is 0 Å². The zero-order valence-corrected chi connectivity index (χ0v) is 10.5. The summed E-state index contributed by atoms with van der Waals surface area (Å²) in [6, 6.07) is 4.76. The molecule has 0 aliphatic heterocycles. The monoisotopic (exact) mass is 247 g/mol. The van der Waals surface area contributed by atoms with Gasteiger partial charge in [0.25, 0.3) is 0 Å². The Morgan fingerprint density at radius 1 is 1.47 bits per heavy atom. The summed E-state index contributed by atoms with van der Waals surface area (Å²) >= 11 is 7.28. The molecule has 0 amide bonds. The van der Waals surface area contributed by atoms with Gasteiger partial charge in [-0.1, -0.05) is 17.7 Å². The molecule has 0 bridgehead atoms. The standard InChI is InChI=1S/C11H15ClFNS/c1-11(2,14)7-15-6-8-3-4-9(12)5-10(8)13/h3-5H,6-7,14H2,1-2H3. The average molecular weight is 248 g/mol. The maximum absolute atomic E-state index is 13.3. The van der Waals surface area contributed by atoms with Crippen LogP contribution in [-0.2, 0) is 5.75 Å². The molecule has 1 nitrogen and oxygen atoms in total. The topological polar surface area (TPSA) is 26.0 Å². The zero-order chi connectivity index (χ0) is 11.5. The van der Waals surface area contributed by atoms with Crippen molar-refractivity contribution in [1.82, 2.24) is 0 Å². The summed E-state index contributed by atoms with van der Waals surface area (Å²) in [7, 11) is 0. The minimum absolute atomic E-state index is 0.215. The molecule has 84 valence electrons. The lowest BCUT2D eigenvalue weighted by Crippen LogP contribution is -2.34. The fraction of sp³-hybridized carbons (Fsp3) is 0.455. The Morgan fingerprint density at radius 3 is 2.67 bits per heavy atom. The molecule has 15 heavy (non-hydrogen) atoms. The molecular formula is C11H15ClFNS. The van der Waals surface area contributed by atoms with Gasteiger partial charge in [0, 0.05) is 22.1 Å². The van der Waals surface area contributed by atoms with E-state index in [4.69, 9.17) is 17.3 Å². The van der Waals surface area contributed by atoms with Crippen LogP contribution in [-0.4, -0.2) is 11.3 Å². The summed E-state index contributed by atoms with van der Waals surface area (Å²) in [6.45, 7) is 3.91. The van der Waals surface area contributed by atoms with Crippen LogP contribution in [0.1, 0.15) is 19.4 Å². The average Bonchev–Trinajstić information content (AvgIpc) is 2.07. The summed E-state index contributed by atoms with van der Waals surface area (Å²) in [5.74, 6) is 1.18. The lowest BCUT2D eigenvalue weighted by atomic mass is 10.1. The number of halogens is 2. The Kier molecular flexibility index (Phi) is 4.44. The Hall–Kier alpha value is -0.250. The van der Waals surface area contributed by atoms with E-state index in [1.807, 2.05) is 13.8 Å². The molecule has 0 heterocycles.